The van der Waals surface area contributed by atoms with Crippen molar-refractivity contribution in [2.24, 2.45) is 5.73 Å². The summed E-state index contributed by atoms with van der Waals surface area (Å²) in [5, 5.41) is 0. The summed E-state index contributed by atoms with van der Waals surface area (Å²) in [6.07, 6.45) is 3.37. The molecule has 0 aromatic heterocycles. The predicted molar refractivity (Wildman–Crippen MR) is 76.7 cm³/mol. The molecule has 0 aliphatic heterocycles. The Morgan fingerprint density at radius 3 is 2.42 bits per heavy atom. The largest absolute Gasteiger partial charge is 0.368 e. The average Bonchev–Trinajstić information content (AvgIpc) is 3.24. The Bertz CT molecular complexity index is 509. The van der Waals surface area contributed by atoms with Crippen molar-refractivity contribution in [3.05, 3.63) is 24.3 Å². The van der Waals surface area contributed by atoms with E-state index in [1.54, 1.807) is 12.1 Å². The molecule has 1 aliphatic rings. The Balaban J connectivity index is 2.16. The first-order valence-electron chi connectivity index (χ1n) is 6.59. The minimum Gasteiger partial charge on any atom is -0.368 e. The lowest BCUT2D eigenvalue weighted by atomic mass is 10.2. The molecule has 1 aromatic rings. The van der Waals surface area contributed by atoms with E-state index in [2.05, 4.69) is 9.62 Å². The topological polar surface area (TPSA) is 75.4 Å². The van der Waals surface area contributed by atoms with Crippen LogP contribution < -0.4 is 15.4 Å². The third-order valence-corrected chi connectivity index (χ3v) is 4.77. The van der Waals surface area contributed by atoms with Crippen LogP contribution in [0.1, 0.15) is 19.3 Å². The lowest BCUT2D eigenvalue weighted by molar-refractivity contribution is 0.588. The van der Waals surface area contributed by atoms with E-state index in [-0.39, 0.29) is 0 Å². The number of sulfonamides is 1. The first-order valence-corrected chi connectivity index (χ1v) is 8.07. The molecule has 0 heterocycles. The van der Waals surface area contributed by atoms with Crippen LogP contribution in [0.25, 0.3) is 0 Å². The standard InChI is InChI=1S/C13H21N3O2S/c1-15-19(17,18)13-7-5-12(6-8-13)16(10-2-9-14)11-3-4-11/h5-8,11,15H,2-4,9-10,14H2,1H3. The predicted octanol–water partition coefficient (Wildman–Crippen LogP) is 0.912. The zero-order chi connectivity index (χ0) is 13.9. The van der Waals surface area contributed by atoms with E-state index >= 15 is 0 Å². The molecule has 2 rings (SSSR count). The van der Waals surface area contributed by atoms with Gasteiger partial charge in [-0.05, 0) is 57.1 Å². The van der Waals surface area contributed by atoms with E-state index in [9.17, 15) is 8.42 Å². The van der Waals surface area contributed by atoms with Gasteiger partial charge in [-0.2, -0.15) is 0 Å². The maximum atomic E-state index is 11.7. The molecule has 1 aromatic carbocycles. The number of nitrogens with two attached hydrogens (primary N) is 1. The first kappa shape index (κ1) is 14.3. The highest BCUT2D eigenvalue weighted by atomic mass is 32.2. The van der Waals surface area contributed by atoms with Crippen molar-refractivity contribution >= 4 is 15.7 Å². The fourth-order valence-corrected chi connectivity index (χ4v) is 2.84. The third kappa shape index (κ3) is 3.46. The number of nitrogens with one attached hydrogen (secondary N) is 1. The molecule has 6 heteroatoms. The van der Waals surface area contributed by atoms with Crippen molar-refractivity contribution in [1.82, 2.24) is 4.72 Å². The van der Waals surface area contributed by atoms with Gasteiger partial charge in [0.2, 0.25) is 10.0 Å². The molecule has 106 valence electrons. The second kappa shape index (κ2) is 5.90. The molecule has 0 amide bonds. The Labute approximate surface area is 114 Å². The molecule has 19 heavy (non-hydrogen) atoms. The van der Waals surface area contributed by atoms with E-state index in [1.165, 1.54) is 19.9 Å². The fraction of sp³-hybridized carbons (Fsp3) is 0.538. The average molecular weight is 283 g/mol. The fourth-order valence-electron chi connectivity index (χ4n) is 2.10. The maximum Gasteiger partial charge on any atom is 0.240 e. The van der Waals surface area contributed by atoms with Crippen molar-refractivity contribution in [2.75, 3.05) is 25.0 Å². The molecule has 3 N–H and O–H groups in total. The van der Waals surface area contributed by atoms with E-state index in [0.717, 1.165) is 18.7 Å². The number of anilines is 1. The van der Waals surface area contributed by atoms with Crippen LogP contribution in [-0.4, -0.2) is 34.6 Å². The molecular formula is C13H21N3O2S. The maximum absolute atomic E-state index is 11.7. The number of rotatable bonds is 7. The Hall–Kier alpha value is -1.11. The van der Waals surface area contributed by atoms with Gasteiger partial charge in [-0.25, -0.2) is 13.1 Å². The van der Waals surface area contributed by atoms with Crippen LogP contribution in [0.4, 0.5) is 5.69 Å². The summed E-state index contributed by atoms with van der Waals surface area (Å²) >= 11 is 0. The molecule has 1 saturated carbocycles. The molecule has 0 radical (unpaired) electrons. The molecule has 1 fully saturated rings. The van der Waals surface area contributed by atoms with Crippen molar-refractivity contribution < 1.29 is 8.42 Å². The van der Waals surface area contributed by atoms with Crippen LogP contribution in [0.5, 0.6) is 0 Å². The van der Waals surface area contributed by atoms with Crippen molar-refractivity contribution in [3.8, 4) is 0 Å². The van der Waals surface area contributed by atoms with Crippen LogP contribution in [0, 0.1) is 0 Å². The van der Waals surface area contributed by atoms with E-state index < -0.39 is 10.0 Å². The monoisotopic (exact) mass is 283 g/mol. The van der Waals surface area contributed by atoms with Crippen LogP contribution in [0.15, 0.2) is 29.2 Å². The summed E-state index contributed by atoms with van der Waals surface area (Å²) < 4.78 is 25.6. The van der Waals surface area contributed by atoms with Gasteiger partial charge in [-0.3, -0.25) is 0 Å². The Morgan fingerprint density at radius 2 is 1.95 bits per heavy atom. The summed E-state index contributed by atoms with van der Waals surface area (Å²) in [7, 11) is -1.93. The highest BCUT2D eigenvalue weighted by Gasteiger charge is 2.28. The van der Waals surface area contributed by atoms with E-state index in [0.29, 0.717) is 17.5 Å². The van der Waals surface area contributed by atoms with Gasteiger partial charge in [0.05, 0.1) is 4.90 Å². The SMILES string of the molecule is CNS(=O)(=O)c1ccc(N(CCCN)C2CC2)cc1. The van der Waals surface area contributed by atoms with E-state index in [4.69, 9.17) is 5.73 Å². The summed E-state index contributed by atoms with van der Waals surface area (Å²) in [6, 6.07) is 7.65. The minimum atomic E-state index is -3.35. The lowest BCUT2D eigenvalue weighted by Gasteiger charge is -2.24. The van der Waals surface area contributed by atoms with Crippen LogP contribution in [0.3, 0.4) is 0 Å². The smallest absolute Gasteiger partial charge is 0.240 e. The molecule has 1 aliphatic carbocycles. The Kier molecular flexibility index (Phi) is 4.44. The zero-order valence-electron chi connectivity index (χ0n) is 11.2. The lowest BCUT2D eigenvalue weighted by Crippen LogP contribution is -2.28. The Morgan fingerprint density at radius 1 is 1.32 bits per heavy atom. The zero-order valence-corrected chi connectivity index (χ0v) is 12.0. The molecule has 0 atom stereocenters. The van der Waals surface area contributed by atoms with Crippen LogP contribution in [-0.2, 0) is 10.0 Å². The normalized spacial score (nSPS) is 15.5. The van der Waals surface area contributed by atoms with Gasteiger partial charge < -0.3 is 10.6 Å². The summed E-state index contributed by atoms with van der Waals surface area (Å²) in [5.74, 6) is 0. The number of hydrogen-bond acceptors (Lipinski definition) is 4. The molecule has 5 nitrogen and oxygen atoms in total. The van der Waals surface area contributed by atoms with Gasteiger partial charge in [-0.1, -0.05) is 0 Å². The molecular weight excluding hydrogens is 262 g/mol. The van der Waals surface area contributed by atoms with Gasteiger partial charge in [0.15, 0.2) is 0 Å². The molecule has 0 unspecified atom stereocenters. The highest BCUT2D eigenvalue weighted by molar-refractivity contribution is 7.89. The molecule has 0 spiro atoms. The minimum absolute atomic E-state index is 0.299. The van der Waals surface area contributed by atoms with Crippen molar-refractivity contribution in [2.45, 2.75) is 30.2 Å². The van der Waals surface area contributed by atoms with Gasteiger partial charge in [0.25, 0.3) is 0 Å². The second-order valence-electron chi connectivity index (χ2n) is 4.77. The second-order valence-corrected chi connectivity index (χ2v) is 6.65. The van der Waals surface area contributed by atoms with Gasteiger partial charge >= 0.3 is 0 Å². The van der Waals surface area contributed by atoms with Crippen LogP contribution in [0.2, 0.25) is 0 Å². The highest BCUT2D eigenvalue weighted by Crippen LogP contribution is 2.32. The van der Waals surface area contributed by atoms with Gasteiger partial charge in [0, 0.05) is 18.3 Å². The first-order chi connectivity index (χ1) is 9.08. The van der Waals surface area contributed by atoms with Gasteiger partial charge in [0.1, 0.15) is 0 Å². The summed E-state index contributed by atoms with van der Waals surface area (Å²) in [6.45, 7) is 1.61. The number of hydrogen-bond donors (Lipinski definition) is 2. The van der Waals surface area contributed by atoms with Crippen molar-refractivity contribution in [1.29, 1.82) is 0 Å². The quantitative estimate of drug-likeness (QED) is 0.780. The number of nitrogens with zero attached hydrogens (tertiary/aromatic N) is 1. The van der Waals surface area contributed by atoms with Crippen molar-refractivity contribution in [3.63, 3.8) is 0 Å². The molecule has 0 bridgehead atoms. The van der Waals surface area contributed by atoms with Crippen LogP contribution >= 0.6 is 0 Å². The van der Waals surface area contributed by atoms with E-state index in [1.807, 2.05) is 12.1 Å². The third-order valence-electron chi connectivity index (χ3n) is 3.34. The summed E-state index contributed by atoms with van der Waals surface area (Å²) in [5.41, 5.74) is 6.64. The number of benzene rings is 1. The van der Waals surface area contributed by atoms with Gasteiger partial charge in [-0.15, -0.1) is 0 Å². The summed E-state index contributed by atoms with van der Waals surface area (Å²) in [4.78, 5) is 2.62. The molecule has 0 saturated heterocycles.